The van der Waals surface area contributed by atoms with Crippen molar-refractivity contribution >= 4 is 113 Å². The Kier molecular flexibility index (Phi) is 11.6. The van der Waals surface area contributed by atoms with Gasteiger partial charge < -0.3 is 19.3 Å². The van der Waals surface area contributed by atoms with Gasteiger partial charge in [0.05, 0.1) is 11.4 Å². The van der Waals surface area contributed by atoms with Gasteiger partial charge >= 0.3 is 0 Å². The van der Waals surface area contributed by atoms with Crippen molar-refractivity contribution in [1.29, 1.82) is 0 Å². The average molecular weight is 1190 g/mol. The lowest BCUT2D eigenvalue weighted by Crippen LogP contribution is -2.58. The maximum Gasteiger partial charge on any atom is 0.252 e. The van der Waals surface area contributed by atoms with Crippen LogP contribution in [0.1, 0.15) is 0 Å². The highest BCUT2D eigenvalue weighted by Crippen LogP contribution is 2.54. The van der Waals surface area contributed by atoms with Crippen molar-refractivity contribution < 1.29 is 9.47 Å². The molecule has 94 heavy (non-hydrogen) atoms. The third-order valence-electron chi connectivity index (χ3n) is 20.3. The standard InChI is InChI=1S/C88H54B2N2O2/c1-7-27-55(28-8-1)63-39-19-21-41-65(63)67-51-69-73-47-61(91(57-31-11-3-12-32-57)58-33-13-4-14-34-58)49-81-87(73)90(76-44-24-26-46-80(76)93-81)78-54-72-68(66-42-22-20-40-64(66)56-29-9-2-10-30-56)52-70-74-48-62(92(59-35-15-5-16-36-59)60-37-17-6-18-38-60)50-82-88(74)89(75-43-23-25-45-79(75)94-82)77-53-71(67)85(83(69)78)86(72)84(70)77/h1-54H. The molecule has 4 heterocycles. The van der Waals surface area contributed by atoms with Crippen molar-refractivity contribution in [1.82, 2.24) is 0 Å². The van der Waals surface area contributed by atoms with Crippen molar-refractivity contribution in [2.45, 2.75) is 0 Å². The lowest BCUT2D eigenvalue weighted by Gasteiger charge is -2.38. The molecule has 16 aromatic rings. The zero-order chi connectivity index (χ0) is 61.5. The Balaban J connectivity index is 0.993. The quantitative estimate of drug-likeness (QED) is 0.101. The molecule has 0 saturated carbocycles. The Morgan fingerprint density at radius 3 is 0.894 bits per heavy atom. The predicted octanol–water partition coefficient (Wildman–Crippen LogP) is 19.4. The van der Waals surface area contributed by atoms with Gasteiger partial charge in [-0.3, -0.25) is 0 Å². The molecule has 6 heteroatoms. The molecule has 0 saturated heterocycles. The van der Waals surface area contributed by atoms with Gasteiger partial charge in [0.25, 0.3) is 13.4 Å². The second-order valence-corrected chi connectivity index (χ2v) is 25.3. The smallest absolute Gasteiger partial charge is 0.252 e. The summed E-state index contributed by atoms with van der Waals surface area (Å²) in [4.78, 5) is 4.77. The molecule has 0 aliphatic carbocycles. The highest BCUT2D eigenvalue weighted by molar-refractivity contribution is 7.01. The number of ether oxygens (including phenoxy) is 2. The summed E-state index contributed by atoms with van der Waals surface area (Å²) >= 11 is 0. The molecule has 434 valence electrons. The van der Waals surface area contributed by atoms with Gasteiger partial charge in [0, 0.05) is 34.9 Å². The van der Waals surface area contributed by atoms with Gasteiger partial charge in [-0.2, -0.15) is 0 Å². The van der Waals surface area contributed by atoms with Crippen LogP contribution in [0.5, 0.6) is 23.0 Å². The molecule has 0 unspecified atom stereocenters. The Morgan fingerprint density at radius 1 is 0.202 bits per heavy atom. The molecule has 4 nitrogen and oxygen atoms in total. The maximum absolute atomic E-state index is 7.38. The summed E-state index contributed by atoms with van der Waals surface area (Å²) in [5.41, 5.74) is 27.6. The molecule has 0 atom stereocenters. The maximum atomic E-state index is 7.38. The molecule has 4 aliphatic heterocycles. The summed E-state index contributed by atoms with van der Waals surface area (Å²) in [6.45, 7) is -0.348. The Labute approximate surface area is 546 Å². The van der Waals surface area contributed by atoms with E-state index in [0.29, 0.717) is 0 Å². The first-order valence-corrected chi connectivity index (χ1v) is 32.5. The van der Waals surface area contributed by atoms with Crippen LogP contribution in [0, 0.1) is 0 Å². The van der Waals surface area contributed by atoms with E-state index in [0.717, 1.165) is 79.2 Å². The molecule has 0 amide bonds. The van der Waals surface area contributed by atoms with Crippen molar-refractivity contribution in [3.63, 3.8) is 0 Å². The number of hydrogen-bond donors (Lipinski definition) is 0. The van der Waals surface area contributed by atoms with Crippen LogP contribution in [0.4, 0.5) is 34.1 Å². The first-order valence-electron chi connectivity index (χ1n) is 32.5. The van der Waals surface area contributed by atoms with Crippen LogP contribution >= 0.6 is 0 Å². The lowest BCUT2D eigenvalue weighted by atomic mass is 9.32. The third kappa shape index (κ3) is 7.84. The van der Waals surface area contributed by atoms with E-state index < -0.39 is 0 Å². The minimum atomic E-state index is -0.174. The lowest BCUT2D eigenvalue weighted by molar-refractivity contribution is 0.487. The molecule has 4 aliphatic rings. The Hall–Kier alpha value is -12.1. The van der Waals surface area contributed by atoms with E-state index >= 15 is 0 Å². The predicted molar refractivity (Wildman–Crippen MR) is 394 cm³/mol. The Morgan fingerprint density at radius 2 is 0.521 bits per heavy atom. The zero-order valence-corrected chi connectivity index (χ0v) is 51.0. The van der Waals surface area contributed by atoms with E-state index in [1.165, 1.54) is 110 Å². The van der Waals surface area contributed by atoms with Crippen molar-refractivity contribution in [3.05, 3.63) is 328 Å². The summed E-state index contributed by atoms with van der Waals surface area (Å²) in [5, 5.41) is 7.51. The van der Waals surface area contributed by atoms with E-state index in [4.69, 9.17) is 9.47 Å². The van der Waals surface area contributed by atoms with Gasteiger partial charge in [-0.1, -0.05) is 241 Å². The van der Waals surface area contributed by atoms with Gasteiger partial charge in [-0.15, -0.1) is 0 Å². The van der Waals surface area contributed by atoms with E-state index in [1.807, 2.05) is 0 Å². The molecule has 20 rings (SSSR count). The number of para-hydroxylation sites is 6. The Bertz CT molecular complexity index is 5310. The highest BCUT2D eigenvalue weighted by Gasteiger charge is 2.45. The molecule has 0 radical (unpaired) electrons. The number of nitrogens with zero attached hydrogens (tertiary/aromatic N) is 2. The highest BCUT2D eigenvalue weighted by atomic mass is 16.5. The second-order valence-electron chi connectivity index (χ2n) is 25.3. The van der Waals surface area contributed by atoms with Crippen LogP contribution in [-0.4, -0.2) is 13.4 Å². The number of anilines is 6. The monoisotopic (exact) mass is 1190 g/mol. The second kappa shape index (κ2) is 20.7. The van der Waals surface area contributed by atoms with E-state index in [1.54, 1.807) is 0 Å². The van der Waals surface area contributed by atoms with Gasteiger partial charge in [0.2, 0.25) is 0 Å². The zero-order valence-electron chi connectivity index (χ0n) is 51.0. The van der Waals surface area contributed by atoms with Crippen molar-refractivity contribution in [3.8, 4) is 89.8 Å². The number of rotatable bonds is 10. The number of fused-ring (bicyclic) bond motifs is 8. The minimum absolute atomic E-state index is 0.174. The SMILES string of the molecule is c1ccc(-c2ccccc2-c2cc3c4c(cc5c(-c6ccccc6-c6ccccc6)cc6c7c(cc2c4c57)B2c4ccccc4Oc4cc(N(c5ccccc5)c5ccccc5)cc-6c42)B2c4ccccc4Oc4cc(N(c5ccccc5)c5ccccc5)cc-3c42)cc1. The van der Waals surface area contributed by atoms with Gasteiger partial charge in [-0.25, -0.2) is 0 Å². The molecule has 16 aromatic carbocycles. The van der Waals surface area contributed by atoms with Crippen LogP contribution in [0.15, 0.2) is 328 Å². The first-order chi connectivity index (χ1) is 46.7. The summed E-state index contributed by atoms with van der Waals surface area (Å²) in [6.07, 6.45) is 0. The van der Waals surface area contributed by atoms with Gasteiger partial charge in [-0.05, 0) is 206 Å². The molecular weight excluding hydrogens is 1140 g/mol. The molecule has 0 aromatic heterocycles. The molecule has 0 N–H and O–H groups in total. The normalized spacial score (nSPS) is 12.6. The topological polar surface area (TPSA) is 24.9 Å². The summed E-state index contributed by atoms with van der Waals surface area (Å²) in [5.74, 6) is 3.46. The average Bonchev–Trinajstić information content (AvgIpc) is 0.667. The van der Waals surface area contributed by atoms with E-state index in [2.05, 4.69) is 337 Å². The fourth-order valence-corrected chi connectivity index (χ4v) is 16.5. The molecule has 0 fully saturated rings. The number of benzene rings is 16. The minimum Gasteiger partial charge on any atom is -0.458 e. The van der Waals surface area contributed by atoms with Gasteiger partial charge in [0.1, 0.15) is 23.0 Å². The molecule has 0 spiro atoms. The molecule has 0 bridgehead atoms. The van der Waals surface area contributed by atoms with Crippen molar-refractivity contribution in [2.24, 2.45) is 0 Å². The van der Waals surface area contributed by atoms with Crippen LogP contribution in [0.2, 0.25) is 0 Å². The fraction of sp³-hybridized carbons (Fsp3) is 0. The van der Waals surface area contributed by atoms with Crippen LogP contribution in [0.3, 0.4) is 0 Å². The van der Waals surface area contributed by atoms with Crippen LogP contribution in [-0.2, 0) is 0 Å². The van der Waals surface area contributed by atoms with Gasteiger partial charge in [0.15, 0.2) is 0 Å². The summed E-state index contributed by atoms with van der Waals surface area (Å²) < 4.78 is 14.8. The van der Waals surface area contributed by atoms with E-state index in [-0.39, 0.29) is 13.4 Å². The molecular formula is C88H54B2N2O2. The van der Waals surface area contributed by atoms with Crippen molar-refractivity contribution in [2.75, 3.05) is 9.80 Å². The van der Waals surface area contributed by atoms with E-state index in [9.17, 15) is 0 Å². The van der Waals surface area contributed by atoms with Crippen LogP contribution in [0.25, 0.3) is 99.1 Å². The summed E-state index contributed by atoms with van der Waals surface area (Å²) in [7, 11) is 0. The first kappa shape index (κ1) is 52.6. The fourth-order valence-electron chi connectivity index (χ4n) is 16.5. The number of hydrogen-bond acceptors (Lipinski definition) is 4. The largest absolute Gasteiger partial charge is 0.458 e. The van der Waals surface area contributed by atoms with Crippen LogP contribution < -0.4 is 52.1 Å². The third-order valence-corrected chi connectivity index (χ3v) is 20.3. The summed E-state index contributed by atoms with van der Waals surface area (Å²) in [6, 6.07) is 121.